The monoisotopic (exact) mass is 338 g/mol. The summed E-state index contributed by atoms with van der Waals surface area (Å²) in [7, 11) is -6.73. The van der Waals surface area contributed by atoms with Crippen molar-refractivity contribution in [2.75, 3.05) is 25.8 Å². The molecule has 0 amide bonds. The van der Waals surface area contributed by atoms with E-state index >= 15 is 0 Å². The zero-order chi connectivity index (χ0) is 16.2. The maximum Gasteiger partial charge on any atom is 0.332 e. The van der Waals surface area contributed by atoms with Gasteiger partial charge in [-0.2, -0.15) is 0 Å². The summed E-state index contributed by atoms with van der Waals surface area (Å²) in [5.74, 6) is -0.392. The first-order chi connectivity index (χ1) is 8.74. The Labute approximate surface area is 124 Å². The molecule has 20 heavy (non-hydrogen) atoms. The highest BCUT2D eigenvalue weighted by molar-refractivity contribution is 7.57. The number of carbonyl (C=O) groups is 1. The Balaban J connectivity index is 4.46. The molecular weight excluding hydrogens is 311 g/mol. The summed E-state index contributed by atoms with van der Waals surface area (Å²) in [4.78, 5) is 11.4. The molecule has 118 valence electrons. The highest BCUT2D eigenvalue weighted by Gasteiger charge is 2.35. The maximum absolute atomic E-state index is 11.6. The zero-order valence-electron chi connectivity index (χ0n) is 13.6. The van der Waals surface area contributed by atoms with Gasteiger partial charge in [0, 0.05) is 18.9 Å². The highest BCUT2D eigenvalue weighted by Crippen LogP contribution is 2.38. The molecule has 0 saturated heterocycles. The van der Waals surface area contributed by atoms with Crippen molar-refractivity contribution in [3.63, 3.8) is 0 Å². The SMILES string of the molecule is C=C(C)C(=O)OC[Si](C)(C)O[Si](C)(C)COP(C)(C)=O. The number of hydrogen-bond donors (Lipinski definition) is 0. The summed E-state index contributed by atoms with van der Waals surface area (Å²) >= 11 is 0. The van der Waals surface area contributed by atoms with Crippen LogP contribution in [0.1, 0.15) is 6.92 Å². The second-order valence-corrected chi connectivity index (χ2v) is 17.7. The van der Waals surface area contributed by atoms with Crippen LogP contribution in [-0.4, -0.2) is 48.4 Å². The first-order valence-corrected chi connectivity index (χ1v) is 15.2. The number of ether oxygens (including phenoxy) is 1. The van der Waals surface area contributed by atoms with Crippen molar-refractivity contribution in [2.45, 2.75) is 33.1 Å². The number of carbonyl (C=O) groups excluding carboxylic acids is 1. The molecule has 0 heterocycles. The Hall–Kier alpha value is -0.206. The van der Waals surface area contributed by atoms with E-state index in [2.05, 4.69) is 6.58 Å². The molecule has 0 bridgehead atoms. The van der Waals surface area contributed by atoms with Crippen molar-refractivity contribution in [3.8, 4) is 0 Å². The van der Waals surface area contributed by atoms with Gasteiger partial charge in [0.25, 0.3) is 0 Å². The molecule has 0 unspecified atom stereocenters. The van der Waals surface area contributed by atoms with Crippen LogP contribution in [0, 0.1) is 0 Å². The van der Waals surface area contributed by atoms with Crippen LogP contribution in [0.5, 0.6) is 0 Å². The molecule has 0 aliphatic carbocycles. The predicted octanol–water partition coefficient (Wildman–Crippen LogP) is 3.17. The lowest BCUT2D eigenvalue weighted by molar-refractivity contribution is -0.137. The second-order valence-electron chi connectivity index (χ2n) is 6.50. The molecule has 0 spiro atoms. The van der Waals surface area contributed by atoms with Gasteiger partial charge in [0.15, 0.2) is 15.7 Å². The topological polar surface area (TPSA) is 61.8 Å². The molecule has 0 aliphatic rings. The van der Waals surface area contributed by atoms with Crippen molar-refractivity contribution in [2.24, 2.45) is 0 Å². The number of esters is 1. The largest absolute Gasteiger partial charge is 0.463 e. The van der Waals surface area contributed by atoms with E-state index in [9.17, 15) is 9.36 Å². The first kappa shape index (κ1) is 19.8. The van der Waals surface area contributed by atoms with E-state index in [0.717, 1.165) is 0 Å². The molecule has 0 N–H and O–H groups in total. The third-order valence-corrected chi connectivity index (χ3v) is 9.27. The lowest BCUT2D eigenvalue weighted by Gasteiger charge is -2.33. The molecule has 0 rings (SSSR count). The lowest BCUT2D eigenvalue weighted by atomic mass is 10.4. The fourth-order valence-corrected chi connectivity index (χ4v) is 10.9. The van der Waals surface area contributed by atoms with Gasteiger partial charge in [-0.25, -0.2) is 4.79 Å². The Morgan fingerprint density at radius 1 is 1.10 bits per heavy atom. The van der Waals surface area contributed by atoms with Crippen LogP contribution in [-0.2, 0) is 22.7 Å². The zero-order valence-corrected chi connectivity index (χ0v) is 16.5. The molecule has 0 aromatic rings. The van der Waals surface area contributed by atoms with Crippen molar-refractivity contribution in [1.29, 1.82) is 0 Å². The summed E-state index contributed by atoms with van der Waals surface area (Å²) < 4.78 is 28.4. The average Bonchev–Trinajstić information content (AvgIpc) is 2.21. The minimum Gasteiger partial charge on any atom is -0.463 e. The van der Waals surface area contributed by atoms with Gasteiger partial charge < -0.3 is 13.4 Å². The van der Waals surface area contributed by atoms with Gasteiger partial charge in [-0.1, -0.05) is 6.58 Å². The van der Waals surface area contributed by atoms with Crippen molar-refractivity contribution < 1.29 is 22.7 Å². The Kier molecular flexibility index (Phi) is 7.10. The van der Waals surface area contributed by atoms with E-state index in [4.69, 9.17) is 13.4 Å². The minimum atomic E-state index is -2.50. The molecule has 5 nitrogen and oxygen atoms in total. The second kappa shape index (κ2) is 7.18. The van der Waals surface area contributed by atoms with E-state index in [1.54, 1.807) is 20.3 Å². The molecule has 0 atom stereocenters. The van der Waals surface area contributed by atoms with Crippen LogP contribution in [0.25, 0.3) is 0 Å². The fraction of sp³-hybridized carbons (Fsp3) is 0.750. The third kappa shape index (κ3) is 9.66. The molecule has 0 saturated carbocycles. The molecule has 0 fully saturated rings. The van der Waals surface area contributed by atoms with Gasteiger partial charge >= 0.3 is 5.97 Å². The first-order valence-electron chi connectivity index (χ1n) is 6.46. The van der Waals surface area contributed by atoms with Gasteiger partial charge in [-0.3, -0.25) is 4.57 Å². The van der Waals surface area contributed by atoms with Crippen LogP contribution in [0.2, 0.25) is 26.2 Å². The number of hydrogen-bond acceptors (Lipinski definition) is 5. The van der Waals surface area contributed by atoms with Crippen molar-refractivity contribution >= 4 is 30.0 Å². The summed E-state index contributed by atoms with van der Waals surface area (Å²) in [6, 6.07) is 0. The van der Waals surface area contributed by atoms with Crippen molar-refractivity contribution in [1.82, 2.24) is 0 Å². The van der Waals surface area contributed by atoms with Gasteiger partial charge in [0.1, 0.15) is 6.23 Å². The molecule has 0 aliphatic heterocycles. The Morgan fingerprint density at radius 3 is 1.95 bits per heavy atom. The average molecular weight is 338 g/mol. The Bertz CT molecular complexity index is 414. The normalized spacial score (nSPS) is 13.2. The van der Waals surface area contributed by atoms with Crippen molar-refractivity contribution in [3.05, 3.63) is 12.2 Å². The summed E-state index contributed by atoms with van der Waals surface area (Å²) in [5.41, 5.74) is 0.382. The van der Waals surface area contributed by atoms with Gasteiger partial charge in [0.05, 0.1) is 6.23 Å². The van der Waals surface area contributed by atoms with Crippen LogP contribution in [0.4, 0.5) is 0 Å². The third-order valence-electron chi connectivity index (χ3n) is 2.17. The van der Waals surface area contributed by atoms with Gasteiger partial charge in [-0.05, 0) is 33.1 Å². The van der Waals surface area contributed by atoms with E-state index in [1.165, 1.54) is 0 Å². The smallest absolute Gasteiger partial charge is 0.332 e. The molecule has 8 heteroatoms. The lowest BCUT2D eigenvalue weighted by Crippen LogP contribution is -2.50. The Morgan fingerprint density at radius 2 is 1.55 bits per heavy atom. The molecule has 0 aromatic carbocycles. The van der Waals surface area contributed by atoms with Crippen LogP contribution in [0.15, 0.2) is 12.2 Å². The van der Waals surface area contributed by atoms with E-state index in [0.29, 0.717) is 11.8 Å². The standard InChI is InChI=1S/C12H27O5PSi2/c1-11(2)12(13)15-9-19(5,6)17-20(7,8)10-16-18(3,4)14/h1,9-10H2,2-8H3. The minimum absolute atomic E-state index is 0.283. The highest BCUT2D eigenvalue weighted by atomic mass is 31.2. The summed E-state index contributed by atoms with van der Waals surface area (Å²) in [6.45, 7) is 16.3. The van der Waals surface area contributed by atoms with E-state index < -0.39 is 30.0 Å². The van der Waals surface area contributed by atoms with E-state index in [-0.39, 0.29) is 6.23 Å². The van der Waals surface area contributed by atoms with Gasteiger partial charge in [-0.15, -0.1) is 0 Å². The quantitative estimate of drug-likeness (QED) is 0.294. The maximum atomic E-state index is 11.6. The molecular formula is C12H27O5PSi2. The van der Waals surface area contributed by atoms with Gasteiger partial charge in [0.2, 0.25) is 8.32 Å². The molecule has 0 radical (unpaired) electrons. The van der Waals surface area contributed by atoms with Crippen LogP contribution >= 0.6 is 7.37 Å². The predicted molar refractivity (Wildman–Crippen MR) is 87.2 cm³/mol. The fourth-order valence-electron chi connectivity index (χ4n) is 1.48. The summed E-state index contributed by atoms with van der Waals surface area (Å²) in [6.07, 6.45) is 0.660. The molecule has 0 aromatic heterocycles. The number of rotatable bonds is 8. The van der Waals surface area contributed by atoms with E-state index in [1.807, 2.05) is 26.2 Å². The summed E-state index contributed by atoms with van der Waals surface area (Å²) in [5, 5.41) is 0. The van der Waals surface area contributed by atoms with Crippen LogP contribution < -0.4 is 0 Å². The van der Waals surface area contributed by atoms with Crippen LogP contribution in [0.3, 0.4) is 0 Å².